The highest BCUT2D eigenvalue weighted by molar-refractivity contribution is 5.78. The van der Waals surface area contributed by atoms with E-state index >= 15 is 0 Å². The number of carbonyl (C=O) groups is 1. The maximum atomic E-state index is 11.4. The smallest absolute Gasteiger partial charge is 0.280 e. The van der Waals surface area contributed by atoms with Gasteiger partial charge in [-0.25, -0.2) is 0 Å². The minimum Gasteiger partial charge on any atom is -0.353 e. The van der Waals surface area contributed by atoms with E-state index in [0.29, 0.717) is 0 Å². The van der Waals surface area contributed by atoms with Crippen molar-refractivity contribution in [2.24, 2.45) is 0 Å². The van der Waals surface area contributed by atoms with Crippen molar-refractivity contribution >= 4 is 17.3 Å². The summed E-state index contributed by atoms with van der Waals surface area (Å²) in [6.07, 6.45) is 0. The molecule has 0 spiro atoms. The van der Waals surface area contributed by atoms with Gasteiger partial charge in [0.2, 0.25) is 5.91 Å². The number of amides is 1. The van der Waals surface area contributed by atoms with Gasteiger partial charge in [0.25, 0.3) is 11.4 Å². The standard InChI is InChI=1S/C12H16N4O5/c1-8(2)14-12(17)7-13-6-9-3-4-10(15(18)19)5-11(9)16(20)21/h3-5,8,13H,6-7H2,1-2H3,(H,14,17). The highest BCUT2D eigenvalue weighted by Gasteiger charge is 2.19. The van der Waals surface area contributed by atoms with Crippen LogP contribution < -0.4 is 10.6 Å². The van der Waals surface area contributed by atoms with E-state index in [1.165, 1.54) is 12.1 Å². The van der Waals surface area contributed by atoms with Crippen LogP contribution >= 0.6 is 0 Å². The van der Waals surface area contributed by atoms with Crippen LogP contribution in [0.2, 0.25) is 0 Å². The normalized spacial score (nSPS) is 10.4. The van der Waals surface area contributed by atoms with E-state index in [9.17, 15) is 25.0 Å². The first-order valence-electron chi connectivity index (χ1n) is 6.23. The van der Waals surface area contributed by atoms with Crippen LogP contribution in [0.25, 0.3) is 0 Å². The van der Waals surface area contributed by atoms with Gasteiger partial charge >= 0.3 is 0 Å². The number of nitro groups is 2. The molecule has 9 heteroatoms. The van der Waals surface area contributed by atoms with Crippen LogP contribution in [0, 0.1) is 20.2 Å². The van der Waals surface area contributed by atoms with Gasteiger partial charge in [-0.3, -0.25) is 25.0 Å². The van der Waals surface area contributed by atoms with Crippen LogP contribution in [-0.4, -0.2) is 28.3 Å². The average Bonchev–Trinajstić information content (AvgIpc) is 2.37. The molecule has 0 radical (unpaired) electrons. The Bertz CT molecular complexity index is 559. The van der Waals surface area contributed by atoms with Crippen molar-refractivity contribution in [3.05, 3.63) is 44.0 Å². The zero-order chi connectivity index (χ0) is 16.0. The molecule has 0 atom stereocenters. The molecule has 1 rings (SSSR count). The summed E-state index contributed by atoms with van der Waals surface area (Å²) in [6, 6.07) is 3.42. The summed E-state index contributed by atoms with van der Waals surface area (Å²) in [7, 11) is 0. The highest BCUT2D eigenvalue weighted by atomic mass is 16.6. The summed E-state index contributed by atoms with van der Waals surface area (Å²) >= 11 is 0. The van der Waals surface area contributed by atoms with E-state index in [0.717, 1.165) is 6.07 Å². The Labute approximate surface area is 120 Å². The molecule has 0 saturated carbocycles. The number of nitrogens with one attached hydrogen (secondary N) is 2. The predicted molar refractivity (Wildman–Crippen MR) is 74.7 cm³/mol. The first-order valence-corrected chi connectivity index (χ1v) is 6.23. The monoisotopic (exact) mass is 296 g/mol. The Morgan fingerprint density at radius 3 is 2.43 bits per heavy atom. The van der Waals surface area contributed by atoms with Gasteiger partial charge in [0, 0.05) is 24.2 Å². The SMILES string of the molecule is CC(C)NC(=O)CNCc1ccc([N+](=O)[O-])cc1[N+](=O)[O-]. The first kappa shape index (κ1) is 16.5. The quantitative estimate of drug-likeness (QED) is 0.573. The number of rotatable bonds is 7. The van der Waals surface area contributed by atoms with Gasteiger partial charge in [0.05, 0.1) is 22.5 Å². The predicted octanol–water partition coefficient (Wildman–Crippen LogP) is 1.12. The van der Waals surface area contributed by atoms with Gasteiger partial charge < -0.3 is 10.6 Å². The van der Waals surface area contributed by atoms with E-state index in [1.807, 2.05) is 13.8 Å². The summed E-state index contributed by atoms with van der Waals surface area (Å²) in [5.74, 6) is -0.227. The van der Waals surface area contributed by atoms with Crippen LogP contribution in [0.15, 0.2) is 18.2 Å². The number of carbonyl (C=O) groups excluding carboxylic acids is 1. The second-order valence-electron chi connectivity index (χ2n) is 4.65. The maximum Gasteiger partial charge on any atom is 0.280 e. The van der Waals surface area contributed by atoms with Crippen molar-refractivity contribution < 1.29 is 14.6 Å². The van der Waals surface area contributed by atoms with Crippen LogP contribution in [0.1, 0.15) is 19.4 Å². The molecule has 1 amide bonds. The van der Waals surface area contributed by atoms with Gasteiger partial charge in [0.15, 0.2) is 0 Å². The van der Waals surface area contributed by atoms with E-state index in [2.05, 4.69) is 10.6 Å². The Balaban J connectivity index is 2.73. The van der Waals surface area contributed by atoms with E-state index in [1.54, 1.807) is 0 Å². The molecule has 0 unspecified atom stereocenters. The lowest BCUT2D eigenvalue weighted by Gasteiger charge is -2.09. The zero-order valence-corrected chi connectivity index (χ0v) is 11.7. The number of hydrogen-bond acceptors (Lipinski definition) is 6. The number of non-ortho nitro benzene ring substituents is 1. The van der Waals surface area contributed by atoms with Crippen LogP contribution in [0.4, 0.5) is 11.4 Å². The van der Waals surface area contributed by atoms with E-state index in [-0.39, 0.29) is 42.0 Å². The summed E-state index contributed by atoms with van der Waals surface area (Å²) in [4.78, 5) is 31.6. The molecule has 114 valence electrons. The number of benzene rings is 1. The summed E-state index contributed by atoms with van der Waals surface area (Å²) in [6.45, 7) is 3.71. The molecule has 0 saturated heterocycles. The minimum atomic E-state index is -0.694. The van der Waals surface area contributed by atoms with E-state index in [4.69, 9.17) is 0 Å². The molecule has 0 aliphatic carbocycles. The third kappa shape index (κ3) is 5.15. The zero-order valence-electron chi connectivity index (χ0n) is 11.7. The molecular formula is C12H16N4O5. The number of nitro benzene ring substituents is 2. The molecule has 0 heterocycles. The lowest BCUT2D eigenvalue weighted by atomic mass is 10.1. The fourth-order valence-electron chi connectivity index (χ4n) is 1.67. The van der Waals surface area contributed by atoms with Crippen LogP contribution in [-0.2, 0) is 11.3 Å². The van der Waals surface area contributed by atoms with Crippen molar-refractivity contribution in [2.45, 2.75) is 26.4 Å². The summed E-state index contributed by atoms with van der Waals surface area (Å²) in [5.41, 5.74) is -0.410. The second kappa shape index (κ2) is 7.29. The maximum absolute atomic E-state index is 11.4. The van der Waals surface area contributed by atoms with Crippen molar-refractivity contribution in [2.75, 3.05) is 6.54 Å². The third-order valence-electron chi connectivity index (χ3n) is 2.53. The van der Waals surface area contributed by atoms with Crippen LogP contribution in [0.3, 0.4) is 0 Å². The molecular weight excluding hydrogens is 280 g/mol. The Hall–Kier alpha value is -2.55. The van der Waals surface area contributed by atoms with Crippen molar-refractivity contribution in [3.8, 4) is 0 Å². The van der Waals surface area contributed by atoms with Crippen molar-refractivity contribution in [3.63, 3.8) is 0 Å². The largest absolute Gasteiger partial charge is 0.353 e. The first-order chi connectivity index (χ1) is 9.81. The summed E-state index contributed by atoms with van der Waals surface area (Å²) in [5, 5.41) is 27.0. The molecule has 0 aliphatic rings. The van der Waals surface area contributed by atoms with Crippen LogP contribution in [0.5, 0.6) is 0 Å². The van der Waals surface area contributed by atoms with Gasteiger partial charge in [-0.05, 0) is 19.9 Å². The van der Waals surface area contributed by atoms with Gasteiger partial charge in [-0.1, -0.05) is 0 Å². The molecule has 0 bridgehead atoms. The average molecular weight is 296 g/mol. The lowest BCUT2D eigenvalue weighted by molar-refractivity contribution is -0.394. The molecule has 0 aliphatic heterocycles. The highest BCUT2D eigenvalue weighted by Crippen LogP contribution is 2.24. The molecule has 2 N–H and O–H groups in total. The van der Waals surface area contributed by atoms with Gasteiger partial charge in [0.1, 0.15) is 0 Å². The second-order valence-corrected chi connectivity index (χ2v) is 4.65. The fraction of sp³-hybridized carbons (Fsp3) is 0.417. The Kier molecular flexibility index (Phi) is 5.73. The van der Waals surface area contributed by atoms with Crippen molar-refractivity contribution in [1.82, 2.24) is 10.6 Å². The molecule has 1 aromatic rings. The third-order valence-corrected chi connectivity index (χ3v) is 2.53. The number of hydrogen-bond donors (Lipinski definition) is 2. The molecule has 0 aromatic heterocycles. The van der Waals surface area contributed by atoms with Gasteiger partial charge in [-0.15, -0.1) is 0 Å². The minimum absolute atomic E-state index is 0.00627. The Morgan fingerprint density at radius 2 is 1.90 bits per heavy atom. The van der Waals surface area contributed by atoms with E-state index < -0.39 is 9.85 Å². The fourth-order valence-corrected chi connectivity index (χ4v) is 1.67. The molecule has 0 fully saturated rings. The topological polar surface area (TPSA) is 127 Å². The Morgan fingerprint density at radius 1 is 1.24 bits per heavy atom. The van der Waals surface area contributed by atoms with Crippen molar-refractivity contribution in [1.29, 1.82) is 0 Å². The molecule has 9 nitrogen and oxygen atoms in total. The molecule has 21 heavy (non-hydrogen) atoms. The number of nitrogens with zero attached hydrogens (tertiary/aromatic N) is 2. The van der Waals surface area contributed by atoms with Gasteiger partial charge in [-0.2, -0.15) is 0 Å². The lowest BCUT2D eigenvalue weighted by Crippen LogP contribution is -2.37. The molecule has 1 aromatic carbocycles. The summed E-state index contributed by atoms with van der Waals surface area (Å²) < 4.78 is 0.